The second kappa shape index (κ2) is 5.96. The third-order valence-electron chi connectivity index (χ3n) is 2.62. The molecule has 5 heteroatoms. The Morgan fingerprint density at radius 1 is 1.31 bits per heavy atom. The minimum atomic E-state index is -0.474. The Labute approximate surface area is 95.7 Å². The van der Waals surface area contributed by atoms with Gasteiger partial charge in [0.25, 0.3) is 0 Å². The lowest BCUT2D eigenvalue weighted by Gasteiger charge is -2.34. The highest BCUT2D eigenvalue weighted by Gasteiger charge is 2.31. The average Bonchev–Trinajstić information content (AvgIpc) is 2.16. The van der Waals surface area contributed by atoms with Gasteiger partial charge in [0.2, 0.25) is 0 Å². The molecule has 0 aromatic carbocycles. The van der Waals surface area contributed by atoms with Crippen LogP contribution in [0.15, 0.2) is 0 Å². The zero-order chi connectivity index (χ0) is 12.1. The monoisotopic (exact) mass is 229 g/mol. The first-order valence-corrected chi connectivity index (χ1v) is 5.59. The Morgan fingerprint density at radius 3 is 2.31 bits per heavy atom. The summed E-state index contributed by atoms with van der Waals surface area (Å²) in [5.74, 6) is -0.623. The number of esters is 2. The molecule has 0 aliphatic carbocycles. The smallest absolute Gasteiger partial charge is 0.327 e. The van der Waals surface area contributed by atoms with E-state index in [1.54, 1.807) is 0 Å². The molecule has 1 saturated heterocycles. The van der Waals surface area contributed by atoms with Crippen LogP contribution < -0.4 is 0 Å². The number of rotatable bonds is 5. The van der Waals surface area contributed by atoms with Gasteiger partial charge in [-0.2, -0.15) is 0 Å². The summed E-state index contributed by atoms with van der Waals surface area (Å²) in [6.45, 7) is 7.53. The van der Waals surface area contributed by atoms with Crippen molar-refractivity contribution in [3.8, 4) is 0 Å². The molecule has 0 radical (unpaired) electrons. The molecule has 5 nitrogen and oxygen atoms in total. The van der Waals surface area contributed by atoms with E-state index < -0.39 is 11.9 Å². The number of morpholine rings is 1. The number of ether oxygens (including phenoxy) is 2. The van der Waals surface area contributed by atoms with Gasteiger partial charge in [0.1, 0.15) is 0 Å². The number of cyclic esters (lactones) is 2. The fraction of sp³-hybridized carbons (Fsp3) is 0.818. The number of carbonyl (C=O) groups excluding carboxylic acids is 2. The van der Waals surface area contributed by atoms with Crippen molar-refractivity contribution in [2.45, 2.75) is 26.8 Å². The van der Waals surface area contributed by atoms with Crippen LogP contribution in [0.3, 0.4) is 0 Å². The molecule has 0 spiro atoms. The molecule has 1 rings (SSSR count). The number of carbonyl (C=O) groups is 2. The van der Waals surface area contributed by atoms with Crippen LogP contribution in [0.1, 0.15) is 20.8 Å². The van der Waals surface area contributed by atoms with E-state index in [1.165, 1.54) is 0 Å². The summed E-state index contributed by atoms with van der Waals surface area (Å²) >= 11 is 0. The molecular weight excluding hydrogens is 210 g/mol. The maximum absolute atomic E-state index is 11.2. The average molecular weight is 229 g/mol. The molecule has 1 atom stereocenters. The fourth-order valence-corrected chi connectivity index (χ4v) is 1.77. The topological polar surface area (TPSA) is 55.8 Å². The first-order valence-electron chi connectivity index (χ1n) is 5.59. The summed E-state index contributed by atoms with van der Waals surface area (Å²) in [7, 11) is 0. The Hall–Kier alpha value is -0.940. The van der Waals surface area contributed by atoms with Gasteiger partial charge in [-0.1, -0.05) is 13.8 Å². The standard InChI is InChI=1S/C11H19NO4/c1-4-15-7-9(8(2)3)12-5-10(13)16-11(14)6-12/h8-9H,4-7H2,1-3H3. The third-order valence-corrected chi connectivity index (χ3v) is 2.62. The summed E-state index contributed by atoms with van der Waals surface area (Å²) in [4.78, 5) is 24.1. The van der Waals surface area contributed by atoms with E-state index in [0.29, 0.717) is 19.1 Å². The lowest BCUT2D eigenvalue weighted by atomic mass is 10.0. The molecule has 0 aromatic heterocycles. The first-order chi connectivity index (χ1) is 7.54. The van der Waals surface area contributed by atoms with Crippen molar-refractivity contribution in [3.05, 3.63) is 0 Å². The molecule has 0 bridgehead atoms. The van der Waals surface area contributed by atoms with E-state index in [-0.39, 0.29) is 19.1 Å². The van der Waals surface area contributed by atoms with Crippen LogP contribution in [0.25, 0.3) is 0 Å². The Bertz CT molecular complexity index is 249. The normalized spacial score (nSPS) is 20.0. The second-order valence-electron chi connectivity index (χ2n) is 4.22. The maximum Gasteiger partial charge on any atom is 0.327 e. The lowest BCUT2D eigenvalue weighted by molar-refractivity contribution is -0.169. The van der Waals surface area contributed by atoms with E-state index >= 15 is 0 Å². The highest BCUT2D eigenvalue weighted by molar-refractivity contribution is 5.90. The highest BCUT2D eigenvalue weighted by atomic mass is 16.6. The quantitative estimate of drug-likeness (QED) is 0.505. The fourth-order valence-electron chi connectivity index (χ4n) is 1.77. The summed E-state index contributed by atoms with van der Waals surface area (Å²) in [5, 5.41) is 0. The van der Waals surface area contributed by atoms with Gasteiger partial charge in [0.15, 0.2) is 0 Å². The predicted molar refractivity (Wildman–Crippen MR) is 57.8 cm³/mol. The minimum absolute atomic E-state index is 0.0803. The van der Waals surface area contributed by atoms with Crippen LogP contribution in [0.2, 0.25) is 0 Å². The Morgan fingerprint density at radius 2 is 1.88 bits per heavy atom. The Balaban J connectivity index is 2.62. The third kappa shape index (κ3) is 3.57. The van der Waals surface area contributed by atoms with E-state index in [4.69, 9.17) is 4.74 Å². The molecule has 92 valence electrons. The first kappa shape index (κ1) is 13.1. The lowest BCUT2D eigenvalue weighted by Crippen LogP contribution is -2.51. The van der Waals surface area contributed by atoms with Crippen molar-refractivity contribution in [3.63, 3.8) is 0 Å². The molecule has 16 heavy (non-hydrogen) atoms. The van der Waals surface area contributed by atoms with Crippen LogP contribution >= 0.6 is 0 Å². The molecule has 1 unspecified atom stereocenters. The number of hydrogen-bond acceptors (Lipinski definition) is 5. The predicted octanol–water partition coefficient (Wildman–Crippen LogP) is 0.433. The van der Waals surface area contributed by atoms with Gasteiger partial charge in [-0.25, -0.2) is 0 Å². The summed E-state index contributed by atoms with van der Waals surface area (Å²) in [6.07, 6.45) is 0. The van der Waals surface area contributed by atoms with Gasteiger partial charge >= 0.3 is 11.9 Å². The van der Waals surface area contributed by atoms with Crippen molar-refractivity contribution in [2.24, 2.45) is 5.92 Å². The molecule has 1 heterocycles. The van der Waals surface area contributed by atoms with Crippen molar-refractivity contribution < 1.29 is 19.1 Å². The largest absolute Gasteiger partial charge is 0.391 e. The molecular formula is C11H19NO4. The van der Waals surface area contributed by atoms with Gasteiger partial charge in [-0.3, -0.25) is 14.5 Å². The van der Waals surface area contributed by atoms with Gasteiger partial charge < -0.3 is 9.47 Å². The van der Waals surface area contributed by atoms with E-state index in [9.17, 15) is 9.59 Å². The van der Waals surface area contributed by atoms with Gasteiger partial charge in [-0.15, -0.1) is 0 Å². The van der Waals surface area contributed by atoms with E-state index in [0.717, 1.165) is 0 Å². The van der Waals surface area contributed by atoms with Crippen LogP contribution in [0.4, 0.5) is 0 Å². The summed E-state index contributed by atoms with van der Waals surface area (Å²) < 4.78 is 9.87. The van der Waals surface area contributed by atoms with E-state index in [1.807, 2.05) is 25.7 Å². The molecule has 0 aromatic rings. The second-order valence-corrected chi connectivity index (χ2v) is 4.22. The highest BCUT2D eigenvalue weighted by Crippen LogP contribution is 2.14. The SMILES string of the molecule is CCOCC(C(C)C)N1CC(=O)OC(=O)C1. The van der Waals surface area contributed by atoms with Gasteiger partial charge in [-0.05, 0) is 12.8 Å². The van der Waals surface area contributed by atoms with E-state index in [2.05, 4.69) is 4.74 Å². The zero-order valence-electron chi connectivity index (χ0n) is 10.1. The van der Waals surface area contributed by atoms with Crippen LogP contribution in [-0.2, 0) is 19.1 Å². The molecule has 0 N–H and O–H groups in total. The summed E-state index contributed by atoms with van der Waals surface area (Å²) in [5.41, 5.74) is 0. The van der Waals surface area contributed by atoms with Crippen molar-refractivity contribution in [2.75, 3.05) is 26.3 Å². The number of nitrogens with zero attached hydrogens (tertiary/aromatic N) is 1. The van der Waals surface area contributed by atoms with Gasteiger partial charge in [0.05, 0.1) is 19.7 Å². The van der Waals surface area contributed by atoms with Crippen molar-refractivity contribution >= 4 is 11.9 Å². The van der Waals surface area contributed by atoms with Crippen molar-refractivity contribution in [1.82, 2.24) is 4.90 Å². The van der Waals surface area contributed by atoms with Crippen LogP contribution in [-0.4, -0.2) is 49.2 Å². The number of hydrogen-bond donors (Lipinski definition) is 0. The van der Waals surface area contributed by atoms with Crippen LogP contribution in [0, 0.1) is 5.92 Å². The molecule has 1 aliphatic heterocycles. The minimum Gasteiger partial charge on any atom is -0.391 e. The maximum atomic E-state index is 11.2. The molecule has 0 saturated carbocycles. The van der Waals surface area contributed by atoms with Gasteiger partial charge in [0, 0.05) is 12.6 Å². The molecule has 1 fully saturated rings. The molecule has 1 aliphatic rings. The Kier molecular flexibility index (Phi) is 4.89. The van der Waals surface area contributed by atoms with Crippen molar-refractivity contribution in [1.29, 1.82) is 0 Å². The summed E-state index contributed by atoms with van der Waals surface area (Å²) in [6, 6.07) is 0.0803. The molecule has 0 amide bonds. The van der Waals surface area contributed by atoms with Crippen LogP contribution in [0.5, 0.6) is 0 Å². The zero-order valence-corrected chi connectivity index (χ0v) is 10.1.